The summed E-state index contributed by atoms with van der Waals surface area (Å²) in [6.45, 7) is 11.4. The molecule has 2 N–H and O–H groups in total. The molecule has 0 saturated carbocycles. The Hall–Kier alpha value is -2.35. The van der Waals surface area contributed by atoms with Crippen LogP contribution in [0.3, 0.4) is 0 Å². The number of aromatic nitrogens is 3. The first-order chi connectivity index (χ1) is 13.2. The molecule has 0 aliphatic carbocycles. The smallest absolute Gasteiger partial charge is 0.407 e. The molecule has 0 unspecified atom stereocenters. The molecule has 154 valence electrons. The summed E-state index contributed by atoms with van der Waals surface area (Å²) in [5.41, 5.74) is 2.42. The Kier molecular flexibility index (Phi) is 5.79. The van der Waals surface area contributed by atoms with Gasteiger partial charge in [-0.15, -0.1) is 0 Å². The predicted octanol–water partition coefficient (Wildman–Crippen LogP) is 2.81. The highest BCUT2D eigenvalue weighted by atomic mass is 16.6. The number of carbonyl (C=O) groups excluding carboxylic acids is 1. The number of carbonyl (C=O) groups is 1. The lowest BCUT2D eigenvalue weighted by molar-refractivity contribution is 0.0509. The molecule has 28 heavy (non-hydrogen) atoms. The van der Waals surface area contributed by atoms with Crippen molar-refractivity contribution in [2.45, 2.75) is 65.1 Å². The largest absolute Gasteiger partial charge is 0.444 e. The Morgan fingerprint density at radius 2 is 2.18 bits per heavy atom. The number of nitrogens with one attached hydrogen (secondary N) is 2. The number of aryl methyl sites for hydroxylation is 1. The second kappa shape index (κ2) is 7.95. The van der Waals surface area contributed by atoms with Crippen LogP contribution in [0, 0.1) is 6.92 Å². The van der Waals surface area contributed by atoms with Gasteiger partial charge in [0.05, 0.1) is 17.8 Å². The number of fused-ring (bicyclic) bond motifs is 1. The maximum atomic E-state index is 12.0. The predicted molar refractivity (Wildman–Crippen MR) is 110 cm³/mol. The van der Waals surface area contributed by atoms with Crippen LogP contribution < -0.4 is 15.5 Å². The first-order valence-corrected chi connectivity index (χ1v) is 9.98. The van der Waals surface area contributed by atoms with Crippen molar-refractivity contribution in [2.24, 2.45) is 0 Å². The molecule has 1 aliphatic rings. The lowest BCUT2D eigenvalue weighted by atomic mass is 10.1. The molecular weight excluding hydrogens is 356 g/mol. The molecule has 2 aromatic rings. The number of alkyl carbamates (subject to hydrolysis) is 1. The van der Waals surface area contributed by atoms with E-state index in [-0.39, 0.29) is 18.2 Å². The first-order valence-electron chi connectivity index (χ1n) is 9.98. The van der Waals surface area contributed by atoms with Crippen LogP contribution in [0.1, 0.15) is 57.8 Å². The molecule has 1 aliphatic heterocycles. The van der Waals surface area contributed by atoms with Gasteiger partial charge < -0.3 is 20.3 Å². The molecule has 1 saturated heterocycles. The number of rotatable bonds is 5. The highest BCUT2D eigenvalue weighted by Gasteiger charge is 2.28. The summed E-state index contributed by atoms with van der Waals surface area (Å²) >= 11 is 0. The highest BCUT2D eigenvalue weighted by Crippen LogP contribution is 2.25. The van der Waals surface area contributed by atoms with Crippen molar-refractivity contribution in [3.63, 3.8) is 0 Å². The summed E-state index contributed by atoms with van der Waals surface area (Å²) in [5, 5.41) is 10.9. The Balaban J connectivity index is 1.73. The van der Waals surface area contributed by atoms with Gasteiger partial charge in [0.1, 0.15) is 11.4 Å². The van der Waals surface area contributed by atoms with E-state index in [9.17, 15) is 4.79 Å². The zero-order valence-corrected chi connectivity index (χ0v) is 17.7. The van der Waals surface area contributed by atoms with Crippen molar-refractivity contribution in [1.29, 1.82) is 0 Å². The number of nitrogens with zero attached hydrogens (tertiary/aromatic N) is 4. The fourth-order valence-electron chi connectivity index (χ4n) is 3.62. The molecular formula is C20H32N6O2. The van der Waals surface area contributed by atoms with E-state index in [0.29, 0.717) is 0 Å². The van der Waals surface area contributed by atoms with Crippen molar-refractivity contribution >= 4 is 17.6 Å². The number of hydrogen-bond acceptors (Lipinski definition) is 6. The normalized spacial score (nSPS) is 18.5. The average Bonchev–Trinajstić information content (AvgIpc) is 3.20. The maximum Gasteiger partial charge on any atom is 0.407 e. The summed E-state index contributed by atoms with van der Waals surface area (Å²) in [7, 11) is 1.95. The van der Waals surface area contributed by atoms with Gasteiger partial charge in [0.25, 0.3) is 0 Å². The fourth-order valence-corrected chi connectivity index (χ4v) is 3.62. The summed E-state index contributed by atoms with van der Waals surface area (Å²) < 4.78 is 7.21. The SMILES string of the molecule is CC[C@H](NC)c1cc2nc(N3CC[C@H](NC(=O)OC(C)(C)C)C3)c(C)cn2n1. The van der Waals surface area contributed by atoms with E-state index in [4.69, 9.17) is 9.72 Å². The molecule has 3 heterocycles. The van der Waals surface area contributed by atoms with Crippen molar-refractivity contribution in [2.75, 3.05) is 25.0 Å². The van der Waals surface area contributed by atoms with Crippen LogP contribution in [0.15, 0.2) is 12.3 Å². The van der Waals surface area contributed by atoms with Crippen molar-refractivity contribution in [1.82, 2.24) is 25.2 Å². The second-order valence-electron chi connectivity index (χ2n) is 8.45. The molecule has 1 amide bonds. The lowest BCUT2D eigenvalue weighted by Crippen LogP contribution is -2.40. The van der Waals surface area contributed by atoms with Crippen LogP contribution in [0.4, 0.5) is 10.6 Å². The quantitative estimate of drug-likeness (QED) is 0.819. The van der Waals surface area contributed by atoms with Crippen molar-refractivity contribution in [3.05, 3.63) is 23.5 Å². The summed E-state index contributed by atoms with van der Waals surface area (Å²) in [6.07, 6.45) is 3.50. The second-order valence-corrected chi connectivity index (χ2v) is 8.45. The lowest BCUT2D eigenvalue weighted by Gasteiger charge is -2.22. The summed E-state index contributed by atoms with van der Waals surface area (Å²) in [5.74, 6) is 0.949. The third-order valence-electron chi connectivity index (χ3n) is 4.95. The van der Waals surface area contributed by atoms with E-state index in [1.54, 1.807) is 0 Å². The van der Waals surface area contributed by atoms with Gasteiger partial charge in [0.2, 0.25) is 0 Å². The van der Waals surface area contributed by atoms with Crippen LogP contribution in [0.5, 0.6) is 0 Å². The Labute approximate surface area is 166 Å². The Bertz CT molecular complexity index is 837. The monoisotopic (exact) mass is 388 g/mol. The molecule has 3 rings (SSSR count). The van der Waals surface area contributed by atoms with Crippen molar-refractivity contribution in [3.8, 4) is 0 Å². The van der Waals surface area contributed by atoms with E-state index in [1.165, 1.54) is 0 Å². The third kappa shape index (κ3) is 4.55. The maximum absolute atomic E-state index is 12.0. The molecule has 0 aromatic carbocycles. The third-order valence-corrected chi connectivity index (χ3v) is 4.95. The molecule has 8 heteroatoms. The van der Waals surface area contributed by atoms with Crippen LogP contribution in [-0.2, 0) is 4.74 Å². The molecule has 0 radical (unpaired) electrons. The van der Waals surface area contributed by atoms with Gasteiger partial charge in [-0.3, -0.25) is 0 Å². The highest BCUT2D eigenvalue weighted by molar-refractivity contribution is 5.68. The van der Waals surface area contributed by atoms with Gasteiger partial charge in [-0.1, -0.05) is 6.92 Å². The van der Waals surface area contributed by atoms with E-state index in [0.717, 1.165) is 48.7 Å². The number of hydrogen-bond donors (Lipinski definition) is 2. The molecule has 2 atom stereocenters. The number of anilines is 1. The summed E-state index contributed by atoms with van der Waals surface area (Å²) in [4.78, 5) is 19.1. The van der Waals surface area contributed by atoms with E-state index < -0.39 is 5.60 Å². The molecule has 1 fully saturated rings. The van der Waals surface area contributed by atoms with E-state index in [2.05, 4.69) is 27.6 Å². The number of amides is 1. The van der Waals surface area contributed by atoms with Gasteiger partial charge in [-0.25, -0.2) is 14.3 Å². The van der Waals surface area contributed by atoms with Gasteiger partial charge in [0.15, 0.2) is 5.65 Å². The molecule has 0 bridgehead atoms. The van der Waals surface area contributed by atoms with E-state index >= 15 is 0 Å². The van der Waals surface area contributed by atoms with Crippen molar-refractivity contribution < 1.29 is 9.53 Å². The van der Waals surface area contributed by atoms with Crippen LogP contribution >= 0.6 is 0 Å². The standard InChI is InChI=1S/C20H32N6O2/c1-7-15(21-6)16-10-17-23-18(13(2)11-26(17)24-16)25-9-8-14(12-25)22-19(27)28-20(3,4)5/h10-11,14-15,21H,7-9,12H2,1-6H3,(H,22,27)/t14-,15-/m0/s1. The van der Waals surface area contributed by atoms with Crippen LogP contribution in [-0.4, -0.2) is 52.5 Å². The molecule has 0 spiro atoms. The minimum Gasteiger partial charge on any atom is -0.444 e. The van der Waals surface area contributed by atoms with Crippen LogP contribution in [0.2, 0.25) is 0 Å². The van der Waals surface area contributed by atoms with E-state index in [1.807, 2.05) is 51.5 Å². The Morgan fingerprint density at radius 1 is 1.43 bits per heavy atom. The topological polar surface area (TPSA) is 83.8 Å². The zero-order chi connectivity index (χ0) is 20.5. The van der Waals surface area contributed by atoms with Gasteiger partial charge in [0, 0.05) is 30.9 Å². The van der Waals surface area contributed by atoms with Gasteiger partial charge in [-0.2, -0.15) is 5.10 Å². The Morgan fingerprint density at radius 3 is 2.82 bits per heavy atom. The minimum absolute atomic E-state index is 0.0570. The average molecular weight is 389 g/mol. The summed E-state index contributed by atoms with van der Waals surface area (Å²) in [6, 6.07) is 2.32. The van der Waals surface area contributed by atoms with Crippen LogP contribution in [0.25, 0.3) is 5.65 Å². The minimum atomic E-state index is -0.491. The zero-order valence-electron chi connectivity index (χ0n) is 17.7. The molecule has 2 aromatic heterocycles. The van der Waals surface area contributed by atoms with Gasteiger partial charge in [-0.05, 0) is 47.6 Å². The van der Waals surface area contributed by atoms with Gasteiger partial charge >= 0.3 is 6.09 Å². The molecule has 8 nitrogen and oxygen atoms in total. The fraction of sp³-hybridized carbons (Fsp3) is 0.650. The first kappa shape index (κ1) is 20.4. The number of ether oxygens (including phenoxy) is 1.